The summed E-state index contributed by atoms with van der Waals surface area (Å²) in [7, 11) is 3.78. The van der Waals surface area contributed by atoms with Gasteiger partial charge in [0.25, 0.3) is 0 Å². The van der Waals surface area contributed by atoms with E-state index in [1.54, 1.807) is 7.11 Å². The van der Waals surface area contributed by atoms with Gasteiger partial charge < -0.3 is 15.0 Å². The van der Waals surface area contributed by atoms with Crippen molar-refractivity contribution in [2.24, 2.45) is 12.8 Å². The van der Waals surface area contributed by atoms with E-state index < -0.39 is 0 Å². The molecule has 2 N–H and O–H groups in total. The van der Waals surface area contributed by atoms with E-state index in [4.69, 9.17) is 10.5 Å². The third-order valence-electron chi connectivity index (χ3n) is 3.68. The largest absolute Gasteiger partial charge is 0.495 e. The number of ether oxygens (including phenoxy) is 1. The number of aromatic nitrogens is 1. The molecular formula is C15H22N2O. The maximum Gasteiger partial charge on any atom is 0.143 e. The zero-order valence-electron chi connectivity index (χ0n) is 11.7. The van der Waals surface area contributed by atoms with E-state index in [2.05, 4.69) is 37.7 Å². The molecule has 0 unspecified atom stereocenters. The van der Waals surface area contributed by atoms with Crippen molar-refractivity contribution in [2.75, 3.05) is 13.7 Å². The van der Waals surface area contributed by atoms with E-state index in [0.29, 0.717) is 6.54 Å². The standard InChI is InChI=1S/C15H22N2O/c1-15(2,8-9-16)12-10-17(3)14-11(12)6-5-7-13(14)18-4/h5-7,10H,8-9,16H2,1-4H3. The van der Waals surface area contributed by atoms with Crippen LogP contribution >= 0.6 is 0 Å². The molecule has 0 saturated heterocycles. The number of nitrogens with zero attached hydrogens (tertiary/aromatic N) is 1. The molecule has 2 rings (SSSR count). The molecule has 0 fully saturated rings. The van der Waals surface area contributed by atoms with Crippen LogP contribution in [0.3, 0.4) is 0 Å². The molecule has 0 radical (unpaired) electrons. The van der Waals surface area contributed by atoms with E-state index in [1.807, 2.05) is 12.1 Å². The molecule has 98 valence electrons. The van der Waals surface area contributed by atoms with Crippen molar-refractivity contribution in [3.63, 3.8) is 0 Å². The molecule has 0 bridgehead atoms. The zero-order chi connectivity index (χ0) is 13.3. The summed E-state index contributed by atoms with van der Waals surface area (Å²) in [6.07, 6.45) is 3.17. The summed E-state index contributed by atoms with van der Waals surface area (Å²) in [6, 6.07) is 6.21. The Morgan fingerprint density at radius 1 is 1.33 bits per heavy atom. The predicted molar refractivity (Wildman–Crippen MR) is 76.2 cm³/mol. The molecule has 1 aromatic carbocycles. The van der Waals surface area contributed by atoms with Crippen LogP contribution in [0.15, 0.2) is 24.4 Å². The monoisotopic (exact) mass is 246 g/mol. The molecule has 18 heavy (non-hydrogen) atoms. The molecule has 1 heterocycles. The lowest BCUT2D eigenvalue weighted by Gasteiger charge is -2.23. The molecule has 0 aliphatic rings. The number of aryl methyl sites for hydroxylation is 1. The van der Waals surface area contributed by atoms with Crippen LogP contribution in [0, 0.1) is 0 Å². The van der Waals surface area contributed by atoms with E-state index in [-0.39, 0.29) is 5.41 Å². The van der Waals surface area contributed by atoms with E-state index in [9.17, 15) is 0 Å². The van der Waals surface area contributed by atoms with Gasteiger partial charge in [0.15, 0.2) is 0 Å². The smallest absolute Gasteiger partial charge is 0.143 e. The highest BCUT2D eigenvalue weighted by molar-refractivity contribution is 5.90. The number of hydrogen-bond donors (Lipinski definition) is 1. The second-order valence-corrected chi connectivity index (χ2v) is 5.43. The lowest BCUT2D eigenvalue weighted by atomic mass is 9.81. The summed E-state index contributed by atoms with van der Waals surface area (Å²) in [5, 5.41) is 1.26. The van der Waals surface area contributed by atoms with Gasteiger partial charge in [0.1, 0.15) is 5.75 Å². The van der Waals surface area contributed by atoms with Gasteiger partial charge in [-0.25, -0.2) is 0 Å². The van der Waals surface area contributed by atoms with Crippen LogP contribution in [0.2, 0.25) is 0 Å². The van der Waals surface area contributed by atoms with Crippen LogP contribution < -0.4 is 10.5 Å². The third-order valence-corrected chi connectivity index (χ3v) is 3.68. The van der Waals surface area contributed by atoms with Gasteiger partial charge in [-0.3, -0.25) is 0 Å². The number of nitrogens with two attached hydrogens (primary N) is 1. The topological polar surface area (TPSA) is 40.2 Å². The molecule has 0 aliphatic carbocycles. The fourth-order valence-corrected chi connectivity index (χ4v) is 2.63. The van der Waals surface area contributed by atoms with Crippen molar-refractivity contribution in [3.05, 3.63) is 30.0 Å². The van der Waals surface area contributed by atoms with Gasteiger partial charge in [0, 0.05) is 18.6 Å². The van der Waals surface area contributed by atoms with Gasteiger partial charge in [-0.2, -0.15) is 0 Å². The number of rotatable bonds is 4. The zero-order valence-corrected chi connectivity index (χ0v) is 11.7. The van der Waals surface area contributed by atoms with Crippen molar-refractivity contribution in [3.8, 4) is 5.75 Å². The van der Waals surface area contributed by atoms with Gasteiger partial charge >= 0.3 is 0 Å². The van der Waals surface area contributed by atoms with E-state index in [0.717, 1.165) is 17.7 Å². The minimum Gasteiger partial charge on any atom is -0.495 e. The normalized spacial score (nSPS) is 12.1. The SMILES string of the molecule is COc1cccc2c(C(C)(C)CCN)cn(C)c12. The summed E-state index contributed by atoms with van der Waals surface area (Å²) in [4.78, 5) is 0. The average molecular weight is 246 g/mol. The second-order valence-electron chi connectivity index (χ2n) is 5.43. The highest BCUT2D eigenvalue weighted by Gasteiger charge is 2.24. The van der Waals surface area contributed by atoms with E-state index >= 15 is 0 Å². The first kappa shape index (κ1) is 13.0. The third kappa shape index (κ3) is 1.99. The maximum atomic E-state index is 5.73. The van der Waals surface area contributed by atoms with Crippen molar-refractivity contribution >= 4 is 10.9 Å². The number of methoxy groups -OCH3 is 1. The molecule has 1 aromatic heterocycles. The van der Waals surface area contributed by atoms with Crippen molar-refractivity contribution in [2.45, 2.75) is 25.7 Å². The van der Waals surface area contributed by atoms with Crippen LogP contribution in [0.1, 0.15) is 25.8 Å². The highest BCUT2D eigenvalue weighted by atomic mass is 16.5. The summed E-state index contributed by atoms with van der Waals surface area (Å²) < 4.78 is 7.59. The summed E-state index contributed by atoms with van der Waals surface area (Å²) in [5.41, 5.74) is 8.30. The first-order valence-corrected chi connectivity index (χ1v) is 6.34. The Kier molecular flexibility index (Phi) is 3.35. The Hall–Kier alpha value is -1.48. The molecular weight excluding hydrogens is 224 g/mol. The molecule has 0 aliphatic heterocycles. The minimum atomic E-state index is 0.0840. The lowest BCUT2D eigenvalue weighted by Crippen LogP contribution is -2.21. The second kappa shape index (κ2) is 4.65. The number of fused-ring (bicyclic) bond motifs is 1. The Morgan fingerprint density at radius 2 is 2.06 bits per heavy atom. The van der Waals surface area contributed by atoms with Crippen molar-refractivity contribution in [1.29, 1.82) is 0 Å². The molecule has 3 heteroatoms. The Bertz CT molecular complexity index is 555. The molecule has 3 nitrogen and oxygen atoms in total. The first-order valence-electron chi connectivity index (χ1n) is 6.34. The molecule has 0 amide bonds. The van der Waals surface area contributed by atoms with Gasteiger partial charge in [0.05, 0.1) is 12.6 Å². The van der Waals surface area contributed by atoms with Crippen LogP contribution in [0.4, 0.5) is 0 Å². The molecule has 2 aromatic rings. The fraction of sp³-hybridized carbons (Fsp3) is 0.467. The van der Waals surface area contributed by atoms with Crippen LogP contribution in [0.5, 0.6) is 5.75 Å². The number of benzene rings is 1. The van der Waals surface area contributed by atoms with Gasteiger partial charge in [-0.05, 0) is 30.0 Å². The number of para-hydroxylation sites is 1. The average Bonchev–Trinajstić information content (AvgIpc) is 2.68. The fourth-order valence-electron chi connectivity index (χ4n) is 2.63. The van der Waals surface area contributed by atoms with Crippen molar-refractivity contribution < 1.29 is 4.74 Å². The minimum absolute atomic E-state index is 0.0840. The Morgan fingerprint density at radius 3 is 2.67 bits per heavy atom. The predicted octanol–water partition coefficient (Wildman–Crippen LogP) is 2.81. The Balaban J connectivity index is 2.67. The van der Waals surface area contributed by atoms with Crippen LogP contribution in [-0.2, 0) is 12.5 Å². The summed E-state index contributed by atoms with van der Waals surface area (Å²) in [5.74, 6) is 0.921. The Labute approximate surface area is 109 Å². The summed E-state index contributed by atoms with van der Waals surface area (Å²) >= 11 is 0. The van der Waals surface area contributed by atoms with Gasteiger partial charge in [-0.1, -0.05) is 26.0 Å². The molecule has 0 saturated carbocycles. The summed E-state index contributed by atoms with van der Waals surface area (Å²) in [6.45, 7) is 5.19. The quantitative estimate of drug-likeness (QED) is 0.901. The van der Waals surface area contributed by atoms with Crippen LogP contribution in [0.25, 0.3) is 10.9 Å². The first-order chi connectivity index (χ1) is 8.51. The number of hydrogen-bond acceptors (Lipinski definition) is 2. The van der Waals surface area contributed by atoms with Gasteiger partial charge in [-0.15, -0.1) is 0 Å². The van der Waals surface area contributed by atoms with E-state index in [1.165, 1.54) is 10.9 Å². The molecule has 0 atom stereocenters. The van der Waals surface area contributed by atoms with Gasteiger partial charge in [0.2, 0.25) is 0 Å². The maximum absolute atomic E-state index is 5.73. The highest BCUT2D eigenvalue weighted by Crippen LogP contribution is 2.37. The lowest BCUT2D eigenvalue weighted by molar-refractivity contribution is 0.418. The van der Waals surface area contributed by atoms with Crippen molar-refractivity contribution in [1.82, 2.24) is 4.57 Å². The molecule has 0 spiro atoms. The van der Waals surface area contributed by atoms with Crippen LogP contribution in [-0.4, -0.2) is 18.2 Å².